The first-order valence-electron chi connectivity index (χ1n) is 8.94. The third-order valence-electron chi connectivity index (χ3n) is 4.28. The molecule has 0 saturated carbocycles. The molecule has 138 valence electrons. The van der Waals surface area contributed by atoms with Crippen molar-refractivity contribution in [3.63, 3.8) is 0 Å². The molecule has 2 heterocycles. The zero-order valence-electron chi connectivity index (χ0n) is 14.8. The zero-order valence-corrected chi connectivity index (χ0v) is 14.8. The summed E-state index contributed by atoms with van der Waals surface area (Å²) in [5, 5.41) is 2.94. The number of carbonyl (C=O) groups is 2. The van der Waals surface area contributed by atoms with Gasteiger partial charge in [-0.1, -0.05) is 19.8 Å². The molecule has 0 aliphatic carbocycles. The third-order valence-corrected chi connectivity index (χ3v) is 4.28. The van der Waals surface area contributed by atoms with Crippen LogP contribution in [0.25, 0.3) is 0 Å². The van der Waals surface area contributed by atoms with E-state index in [1.165, 1.54) is 10.8 Å². The Labute approximate surface area is 147 Å². The summed E-state index contributed by atoms with van der Waals surface area (Å²) in [5.41, 5.74) is -0.432. The van der Waals surface area contributed by atoms with Gasteiger partial charge in [-0.05, 0) is 18.9 Å². The summed E-state index contributed by atoms with van der Waals surface area (Å²) in [6.45, 7) is 5.01. The maximum Gasteiger partial charge on any atom is 0.347 e. The van der Waals surface area contributed by atoms with E-state index >= 15 is 0 Å². The monoisotopic (exact) mass is 349 g/mol. The van der Waals surface area contributed by atoms with Crippen LogP contribution in [0.3, 0.4) is 0 Å². The highest BCUT2D eigenvalue weighted by Crippen LogP contribution is 2.05. The van der Waals surface area contributed by atoms with Gasteiger partial charge < -0.3 is 15.1 Å². The lowest BCUT2D eigenvalue weighted by atomic mass is 10.2. The van der Waals surface area contributed by atoms with Gasteiger partial charge in [0.05, 0.1) is 0 Å². The second-order valence-electron chi connectivity index (χ2n) is 6.19. The first-order chi connectivity index (χ1) is 12.1. The quantitative estimate of drug-likeness (QED) is 0.765. The van der Waals surface area contributed by atoms with Crippen LogP contribution in [0.5, 0.6) is 0 Å². The number of unbranched alkanes of at least 4 members (excludes halogenated alkanes) is 2. The Morgan fingerprint density at radius 1 is 1.16 bits per heavy atom. The molecule has 0 aromatic carbocycles. The van der Waals surface area contributed by atoms with E-state index in [0.717, 1.165) is 25.7 Å². The average Bonchev–Trinajstić information content (AvgIpc) is 2.87. The molecule has 0 bridgehead atoms. The first-order valence-corrected chi connectivity index (χ1v) is 8.94. The van der Waals surface area contributed by atoms with Gasteiger partial charge in [0.2, 0.25) is 5.91 Å². The summed E-state index contributed by atoms with van der Waals surface area (Å²) in [5.74, 6) is -0.125. The number of amides is 3. The molecule has 0 unspecified atom stereocenters. The molecule has 3 amide bonds. The van der Waals surface area contributed by atoms with Crippen LogP contribution in [0.2, 0.25) is 0 Å². The highest BCUT2D eigenvalue weighted by atomic mass is 16.2. The van der Waals surface area contributed by atoms with E-state index < -0.39 is 5.69 Å². The Morgan fingerprint density at radius 3 is 2.68 bits per heavy atom. The molecule has 1 fully saturated rings. The van der Waals surface area contributed by atoms with Crippen LogP contribution >= 0.6 is 0 Å². The van der Waals surface area contributed by atoms with Crippen molar-refractivity contribution >= 4 is 11.9 Å². The predicted octanol–water partition coefficient (Wildman–Crippen LogP) is 0.677. The molecular weight excluding hydrogens is 322 g/mol. The van der Waals surface area contributed by atoms with Crippen molar-refractivity contribution in [2.24, 2.45) is 0 Å². The lowest BCUT2D eigenvalue weighted by molar-refractivity contribution is -0.131. The molecule has 25 heavy (non-hydrogen) atoms. The van der Waals surface area contributed by atoms with E-state index in [1.807, 2.05) is 0 Å². The van der Waals surface area contributed by atoms with Gasteiger partial charge in [0, 0.05) is 45.1 Å². The SMILES string of the molecule is CCCCCNC(=O)N1CCCN(C(=O)Cn2cccnc2=O)CC1. The van der Waals surface area contributed by atoms with Gasteiger partial charge in [0.25, 0.3) is 0 Å². The Kier molecular flexibility index (Phi) is 7.43. The summed E-state index contributed by atoms with van der Waals surface area (Å²) in [4.78, 5) is 43.3. The van der Waals surface area contributed by atoms with Crippen molar-refractivity contribution in [1.29, 1.82) is 0 Å². The molecule has 2 rings (SSSR count). The molecule has 0 atom stereocenters. The normalized spacial score (nSPS) is 14.9. The number of rotatable bonds is 6. The van der Waals surface area contributed by atoms with Crippen molar-refractivity contribution < 1.29 is 9.59 Å². The fourth-order valence-electron chi connectivity index (χ4n) is 2.81. The van der Waals surface area contributed by atoms with E-state index in [2.05, 4.69) is 17.2 Å². The number of aromatic nitrogens is 2. The van der Waals surface area contributed by atoms with Crippen LogP contribution in [0, 0.1) is 0 Å². The van der Waals surface area contributed by atoms with Crippen molar-refractivity contribution in [1.82, 2.24) is 24.7 Å². The van der Waals surface area contributed by atoms with Crippen LogP contribution in [0.1, 0.15) is 32.6 Å². The highest BCUT2D eigenvalue weighted by Gasteiger charge is 2.22. The van der Waals surface area contributed by atoms with Crippen molar-refractivity contribution in [2.75, 3.05) is 32.7 Å². The molecule has 0 radical (unpaired) electrons. The van der Waals surface area contributed by atoms with Gasteiger partial charge in [-0.25, -0.2) is 14.6 Å². The minimum absolute atomic E-state index is 0.0180. The number of hydrogen-bond donors (Lipinski definition) is 1. The highest BCUT2D eigenvalue weighted by molar-refractivity contribution is 5.77. The molecule has 8 nitrogen and oxygen atoms in total. The molecule has 1 aliphatic heterocycles. The number of nitrogens with zero attached hydrogens (tertiary/aromatic N) is 4. The van der Waals surface area contributed by atoms with Gasteiger partial charge in [0.15, 0.2) is 0 Å². The molecule has 8 heteroatoms. The van der Waals surface area contributed by atoms with E-state index in [-0.39, 0.29) is 18.5 Å². The Morgan fingerprint density at radius 2 is 1.92 bits per heavy atom. The van der Waals surface area contributed by atoms with Gasteiger partial charge in [-0.15, -0.1) is 0 Å². The third kappa shape index (κ3) is 5.88. The molecule has 1 aromatic rings. The van der Waals surface area contributed by atoms with Crippen molar-refractivity contribution in [3.8, 4) is 0 Å². The number of urea groups is 1. The number of carbonyl (C=O) groups excluding carboxylic acids is 2. The van der Waals surface area contributed by atoms with Gasteiger partial charge in [-0.3, -0.25) is 9.36 Å². The summed E-state index contributed by atoms with van der Waals surface area (Å²) >= 11 is 0. The number of hydrogen-bond acceptors (Lipinski definition) is 4. The van der Waals surface area contributed by atoms with E-state index in [4.69, 9.17) is 0 Å². The second kappa shape index (κ2) is 9.80. The summed E-state index contributed by atoms with van der Waals surface area (Å²) in [6.07, 6.45) is 6.91. The van der Waals surface area contributed by atoms with Crippen LogP contribution in [-0.4, -0.2) is 64.0 Å². The smallest absolute Gasteiger partial charge is 0.339 e. The van der Waals surface area contributed by atoms with Gasteiger partial charge >= 0.3 is 11.7 Å². The standard InChI is InChI=1S/C17H27N5O3/c1-2-3-4-7-18-16(24)21-11-6-10-20(12-13-21)15(23)14-22-9-5-8-19-17(22)25/h5,8-9H,2-4,6-7,10-14H2,1H3,(H,18,24). The fourth-order valence-corrected chi connectivity index (χ4v) is 2.81. The molecule has 0 spiro atoms. The maximum atomic E-state index is 12.4. The second-order valence-corrected chi connectivity index (χ2v) is 6.19. The first kappa shape index (κ1) is 19.0. The fraction of sp³-hybridized carbons (Fsp3) is 0.647. The molecule has 1 saturated heterocycles. The Bertz CT molecular complexity index is 631. The van der Waals surface area contributed by atoms with E-state index in [9.17, 15) is 14.4 Å². The molecule has 1 aromatic heterocycles. The van der Waals surface area contributed by atoms with E-state index in [1.54, 1.807) is 22.1 Å². The van der Waals surface area contributed by atoms with E-state index in [0.29, 0.717) is 32.7 Å². The molecular formula is C17H27N5O3. The Balaban J connectivity index is 1.82. The minimum atomic E-state index is -0.432. The summed E-state index contributed by atoms with van der Waals surface area (Å²) in [6, 6.07) is 1.57. The molecule has 1 N–H and O–H groups in total. The van der Waals surface area contributed by atoms with Crippen molar-refractivity contribution in [3.05, 3.63) is 28.9 Å². The minimum Gasteiger partial charge on any atom is -0.339 e. The number of nitrogens with one attached hydrogen (secondary N) is 1. The van der Waals surface area contributed by atoms with Crippen LogP contribution in [0.4, 0.5) is 4.79 Å². The summed E-state index contributed by atoms with van der Waals surface area (Å²) in [7, 11) is 0. The zero-order chi connectivity index (χ0) is 18.1. The topological polar surface area (TPSA) is 87.5 Å². The van der Waals surface area contributed by atoms with Crippen LogP contribution < -0.4 is 11.0 Å². The maximum absolute atomic E-state index is 12.4. The van der Waals surface area contributed by atoms with Crippen LogP contribution in [0.15, 0.2) is 23.3 Å². The molecule has 1 aliphatic rings. The lowest BCUT2D eigenvalue weighted by Crippen LogP contribution is -2.43. The van der Waals surface area contributed by atoms with Gasteiger partial charge in [0.1, 0.15) is 6.54 Å². The predicted molar refractivity (Wildman–Crippen MR) is 94.2 cm³/mol. The summed E-state index contributed by atoms with van der Waals surface area (Å²) < 4.78 is 1.30. The van der Waals surface area contributed by atoms with Crippen molar-refractivity contribution in [2.45, 2.75) is 39.2 Å². The largest absolute Gasteiger partial charge is 0.347 e. The van der Waals surface area contributed by atoms with Crippen LogP contribution in [-0.2, 0) is 11.3 Å². The Hall–Kier alpha value is -2.38. The average molecular weight is 349 g/mol. The lowest BCUT2D eigenvalue weighted by Gasteiger charge is -2.22. The van der Waals surface area contributed by atoms with Gasteiger partial charge in [-0.2, -0.15) is 0 Å².